The number of hydrogen-bond acceptors (Lipinski definition) is 5. The standard InChI is InChI=1S/C26H19ClF3N3O5S2/c27-23-14-9-17(15-24(23)40(37,38)32-20-6-2-1-3-7-20)25(34)31-19-10-12-22(13-11-19)39(35,36)33-21-8-4-5-18(16-21)26(28,29)30/h1-16,32-33H,(H,31,34). The first-order chi connectivity index (χ1) is 18.7. The number of alkyl halides is 3. The third-order valence-electron chi connectivity index (χ3n) is 5.37. The van der Waals surface area contributed by atoms with E-state index in [0.717, 1.165) is 30.3 Å². The third-order valence-corrected chi connectivity index (χ3v) is 8.63. The first-order valence-electron chi connectivity index (χ1n) is 11.2. The van der Waals surface area contributed by atoms with Crippen LogP contribution in [0.1, 0.15) is 15.9 Å². The largest absolute Gasteiger partial charge is 0.416 e. The van der Waals surface area contributed by atoms with Gasteiger partial charge in [0.25, 0.3) is 26.0 Å². The molecule has 4 aromatic carbocycles. The number of carbonyl (C=O) groups excluding carboxylic acids is 1. The number of anilines is 3. The van der Waals surface area contributed by atoms with Gasteiger partial charge in [0.1, 0.15) is 4.90 Å². The van der Waals surface area contributed by atoms with Crippen LogP contribution in [0.15, 0.2) is 107 Å². The molecule has 0 heterocycles. The topological polar surface area (TPSA) is 121 Å². The summed E-state index contributed by atoms with van der Waals surface area (Å²) in [5.74, 6) is -0.703. The fourth-order valence-electron chi connectivity index (χ4n) is 3.46. The van der Waals surface area contributed by atoms with E-state index < -0.39 is 37.7 Å². The van der Waals surface area contributed by atoms with Gasteiger partial charge in [0.05, 0.1) is 15.5 Å². The van der Waals surface area contributed by atoms with E-state index in [1.165, 1.54) is 30.3 Å². The van der Waals surface area contributed by atoms with Crippen LogP contribution >= 0.6 is 11.6 Å². The zero-order valence-corrected chi connectivity index (χ0v) is 22.5. The molecule has 4 aromatic rings. The van der Waals surface area contributed by atoms with Crippen LogP contribution in [0.3, 0.4) is 0 Å². The van der Waals surface area contributed by atoms with Crippen LogP contribution in [0, 0.1) is 0 Å². The maximum absolute atomic E-state index is 12.9. The van der Waals surface area contributed by atoms with E-state index in [1.54, 1.807) is 30.3 Å². The minimum atomic E-state index is -4.64. The minimum absolute atomic E-state index is 0.0410. The highest BCUT2D eigenvalue weighted by Crippen LogP contribution is 2.31. The van der Waals surface area contributed by atoms with Gasteiger partial charge >= 0.3 is 6.18 Å². The van der Waals surface area contributed by atoms with Crippen molar-refractivity contribution in [3.8, 4) is 0 Å². The number of hydrogen-bond donors (Lipinski definition) is 3. The molecule has 0 saturated heterocycles. The van der Waals surface area contributed by atoms with Crippen molar-refractivity contribution in [2.24, 2.45) is 0 Å². The summed E-state index contributed by atoms with van der Waals surface area (Å²) in [5, 5.41) is 2.41. The highest BCUT2D eigenvalue weighted by Gasteiger charge is 2.30. The van der Waals surface area contributed by atoms with Crippen molar-refractivity contribution >= 4 is 54.6 Å². The van der Waals surface area contributed by atoms with E-state index in [0.29, 0.717) is 11.8 Å². The van der Waals surface area contributed by atoms with Crippen molar-refractivity contribution in [2.75, 3.05) is 14.8 Å². The normalized spacial score (nSPS) is 12.0. The molecule has 0 radical (unpaired) electrons. The van der Waals surface area contributed by atoms with Gasteiger partial charge in [-0.3, -0.25) is 14.2 Å². The fourth-order valence-corrected chi connectivity index (χ4v) is 6.10. The molecule has 1 amide bonds. The maximum Gasteiger partial charge on any atom is 0.416 e. The lowest BCUT2D eigenvalue weighted by atomic mass is 10.2. The Hall–Kier alpha value is -4.07. The van der Waals surface area contributed by atoms with Gasteiger partial charge in [-0.15, -0.1) is 0 Å². The van der Waals surface area contributed by atoms with Crippen LogP contribution in [-0.2, 0) is 26.2 Å². The van der Waals surface area contributed by atoms with Crippen molar-refractivity contribution in [3.05, 3.63) is 113 Å². The van der Waals surface area contributed by atoms with E-state index in [2.05, 4.69) is 14.8 Å². The van der Waals surface area contributed by atoms with Gasteiger partial charge in [-0.2, -0.15) is 13.2 Å². The molecule has 0 aliphatic heterocycles. The molecule has 40 heavy (non-hydrogen) atoms. The Morgan fingerprint density at radius 1 is 0.675 bits per heavy atom. The zero-order chi connectivity index (χ0) is 29.1. The Morgan fingerprint density at radius 3 is 1.95 bits per heavy atom. The summed E-state index contributed by atoms with van der Waals surface area (Å²) in [7, 11) is -8.37. The number of para-hydroxylation sites is 1. The summed E-state index contributed by atoms with van der Waals surface area (Å²) in [5.41, 5.74) is -0.862. The second kappa shape index (κ2) is 11.2. The molecule has 0 spiro atoms. The smallest absolute Gasteiger partial charge is 0.322 e. The SMILES string of the molecule is O=C(Nc1ccc(S(=O)(=O)Nc2cccc(C(F)(F)F)c2)cc1)c1ccc(Cl)c(S(=O)(=O)Nc2ccccc2)c1. The molecule has 0 aliphatic rings. The summed E-state index contributed by atoms with van der Waals surface area (Å²) in [6.07, 6.45) is -4.64. The number of rotatable bonds is 8. The third kappa shape index (κ3) is 6.92. The van der Waals surface area contributed by atoms with Crippen molar-refractivity contribution < 1.29 is 34.8 Å². The summed E-state index contributed by atoms with van der Waals surface area (Å²) >= 11 is 6.09. The van der Waals surface area contributed by atoms with Crippen molar-refractivity contribution in [1.29, 1.82) is 0 Å². The van der Waals surface area contributed by atoms with Gasteiger partial charge in [-0.25, -0.2) is 16.8 Å². The molecule has 14 heteroatoms. The van der Waals surface area contributed by atoms with Gasteiger partial charge in [-0.05, 0) is 72.8 Å². The lowest BCUT2D eigenvalue weighted by molar-refractivity contribution is -0.137. The van der Waals surface area contributed by atoms with Gasteiger partial charge < -0.3 is 5.32 Å². The van der Waals surface area contributed by atoms with Crippen molar-refractivity contribution in [3.63, 3.8) is 0 Å². The molecule has 3 N–H and O–H groups in total. The van der Waals surface area contributed by atoms with Crippen LogP contribution in [0.2, 0.25) is 5.02 Å². The lowest BCUT2D eigenvalue weighted by Crippen LogP contribution is -2.17. The highest BCUT2D eigenvalue weighted by molar-refractivity contribution is 7.93. The predicted molar refractivity (Wildman–Crippen MR) is 145 cm³/mol. The zero-order valence-electron chi connectivity index (χ0n) is 20.1. The Morgan fingerprint density at radius 2 is 1.30 bits per heavy atom. The van der Waals surface area contributed by atoms with Crippen LogP contribution < -0.4 is 14.8 Å². The molecular formula is C26H19ClF3N3O5S2. The number of sulfonamides is 2. The predicted octanol–water partition coefficient (Wildman–Crippen LogP) is 6.21. The van der Waals surface area contributed by atoms with Gasteiger partial charge in [-0.1, -0.05) is 35.9 Å². The molecule has 0 bridgehead atoms. The lowest BCUT2D eigenvalue weighted by Gasteiger charge is -2.12. The molecule has 4 rings (SSSR count). The number of amides is 1. The molecule has 208 valence electrons. The Bertz CT molecular complexity index is 1770. The van der Waals surface area contributed by atoms with E-state index in [1.807, 2.05) is 0 Å². The van der Waals surface area contributed by atoms with Crippen LogP contribution in [0.25, 0.3) is 0 Å². The number of nitrogens with one attached hydrogen (secondary N) is 3. The van der Waals surface area contributed by atoms with Crippen molar-refractivity contribution in [2.45, 2.75) is 16.0 Å². The number of halogens is 4. The van der Waals surface area contributed by atoms with Crippen LogP contribution in [0.4, 0.5) is 30.2 Å². The Labute approximate surface area is 232 Å². The maximum atomic E-state index is 12.9. The molecule has 0 saturated carbocycles. The minimum Gasteiger partial charge on any atom is -0.322 e. The quantitative estimate of drug-likeness (QED) is 0.219. The monoisotopic (exact) mass is 609 g/mol. The Kier molecular flexibility index (Phi) is 8.10. The highest BCUT2D eigenvalue weighted by atomic mass is 35.5. The molecule has 0 unspecified atom stereocenters. The molecule has 0 aromatic heterocycles. The number of benzene rings is 4. The van der Waals surface area contributed by atoms with Crippen LogP contribution in [-0.4, -0.2) is 22.7 Å². The van der Waals surface area contributed by atoms with E-state index in [4.69, 9.17) is 11.6 Å². The molecule has 0 aliphatic carbocycles. The second-order valence-electron chi connectivity index (χ2n) is 8.28. The van der Waals surface area contributed by atoms with Gasteiger partial charge in [0, 0.05) is 22.6 Å². The average Bonchev–Trinajstić information content (AvgIpc) is 2.89. The van der Waals surface area contributed by atoms with Crippen molar-refractivity contribution in [1.82, 2.24) is 0 Å². The summed E-state index contributed by atoms with van der Waals surface area (Å²) in [4.78, 5) is 12.2. The van der Waals surface area contributed by atoms with E-state index in [9.17, 15) is 34.8 Å². The summed E-state index contributed by atoms with van der Waals surface area (Å²) < 4.78 is 94.3. The molecular weight excluding hydrogens is 591 g/mol. The van der Waals surface area contributed by atoms with Gasteiger partial charge in [0.2, 0.25) is 0 Å². The first kappa shape index (κ1) is 28.9. The fraction of sp³-hybridized carbons (Fsp3) is 0.0385. The first-order valence-corrected chi connectivity index (χ1v) is 14.6. The van der Waals surface area contributed by atoms with E-state index in [-0.39, 0.29) is 31.8 Å². The number of carbonyl (C=O) groups is 1. The molecule has 0 fully saturated rings. The Balaban J connectivity index is 1.49. The van der Waals surface area contributed by atoms with E-state index >= 15 is 0 Å². The van der Waals surface area contributed by atoms with Crippen LogP contribution in [0.5, 0.6) is 0 Å². The molecule has 8 nitrogen and oxygen atoms in total. The summed E-state index contributed by atoms with van der Waals surface area (Å²) in [6, 6.07) is 20.3. The second-order valence-corrected chi connectivity index (χ2v) is 12.0. The average molecular weight is 610 g/mol. The molecule has 0 atom stereocenters. The van der Waals surface area contributed by atoms with Gasteiger partial charge in [0.15, 0.2) is 0 Å². The summed E-state index contributed by atoms with van der Waals surface area (Å²) in [6.45, 7) is 0.